The Labute approximate surface area is 103 Å². The van der Waals surface area contributed by atoms with Crippen molar-refractivity contribution in [1.29, 1.82) is 0 Å². The number of aromatic nitrogens is 1. The zero-order valence-electron chi connectivity index (χ0n) is 10.9. The van der Waals surface area contributed by atoms with Gasteiger partial charge in [0.15, 0.2) is 5.76 Å². The molecule has 0 bridgehead atoms. The molecule has 1 N–H and O–H groups in total. The number of hydrogen-bond donors (Lipinski definition) is 1. The third-order valence-electron chi connectivity index (χ3n) is 3.41. The second-order valence-corrected chi connectivity index (χ2v) is 4.99. The Kier molecular flexibility index (Phi) is 4.57. The maximum Gasteiger partial charge on any atom is 0.151 e. The van der Waals surface area contributed by atoms with Crippen LogP contribution in [0.25, 0.3) is 0 Å². The lowest BCUT2D eigenvalue weighted by molar-refractivity contribution is 0.263. The Morgan fingerprint density at radius 1 is 1.59 bits per heavy atom. The van der Waals surface area contributed by atoms with E-state index in [9.17, 15) is 0 Å². The fourth-order valence-corrected chi connectivity index (χ4v) is 2.62. The van der Waals surface area contributed by atoms with Gasteiger partial charge in [0.05, 0.1) is 12.2 Å². The minimum absolute atomic E-state index is 0.780. The van der Waals surface area contributed by atoms with Crippen LogP contribution >= 0.6 is 0 Å². The van der Waals surface area contributed by atoms with E-state index in [1.54, 1.807) is 0 Å². The van der Waals surface area contributed by atoms with Crippen LogP contribution in [0.5, 0.6) is 0 Å². The highest BCUT2D eigenvalue weighted by Gasteiger charge is 2.22. The molecule has 0 spiro atoms. The maximum absolute atomic E-state index is 5.34. The molecule has 0 aliphatic carbocycles. The Morgan fingerprint density at radius 3 is 3.24 bits per heavy atom. The summed E-state index contributed by atoms with van der Waals surface area (Å²) < 4.78 is 5.34. The van der Waals surface area contributed by atoms with Crippen LogP contribution in [-0.4, -0.2) is 30.2 Å². The fourth-order valence-electron chi connectivity index (χ4n) is 2.62. The van der Waals surface area contributed by atoms with Gasteiger partial charge in [-0.05, 0) is 32.4 Å². The Hall–Kier alpha value is -0.870. The molecule has 96 valence electrons. The molecule has 1 atom stereocenters. The lowest BCUT2D eigenvalue weighted by Gasteiger charge is -2.13. The normalized spacial score (nSPS) is 21.2. The summed E-state index contributed by atoms with van der Waals surface area (Å²) >= 11 is 0. The largest absolute Gasteiger partial charge is 0.360 e. The summed E-state index contributed by atoms with van der Waals surface area (Å²) in [4.78, 5) is 2.48. The average Bonchev–Trinajstić information content (AvgIpc) is 2.91. The van der Waals surface area contributed by atoms with E-state index < -0.39 is 0 Å². The topological polar surface area (TPSA) is 41.3 Å². The number of hydrogen-bond acceptors (Lipinski definition) is 4. The SMILES string of the molecule is CCCC1CCN(Cc2cc(CNC)no2)C1. The van der Waals surface area contributed by atoms with Gasteiger partial charge in [0, 0.05) is 19.2 Å². The first-order valence-corrected chi connectivity index (χ1v) is 6.63. The molecule has 1 aromatic rings. The van der Waals surface area contributed by atoms with E-state index in [-0.39, 0.29) is 0 Å². The van der Waals surface area contributed by atoms with Crippen molar-refractivity contribution < 1.29 is 4.52 Å². The molecule has 1 fully saturated rings. The molecule has 1 saturated heterocycles. The minimum Gasteiger partial charge on any atom is -0.360 e. The molecule has 0 amide bonds. The minimum atomic E-state index is 0.780. The van der Waals surface area contributed by atoms with Crippen LogP contribution < -0.4 is 5.32 Å². The third-order valence-corrected chi connectivity index (χ3v) is 3.41. The standard InChI is InChI=1S/C13H23N3O/c1-3-4-11-5-6-16(9-11)10-13-7-12(8-14-2)15-17-13/h7,11,14H,3-6,8-10H2,1-2H3. The molecular formula is C13H23N3O. The highest BCUT2D eigenvalue weighted by atomic mass is 16.5. The van der Waals surface area contributed by atoms with Crippen LogP contribution in [0.1, 0.15) is 37.6 Å². The molecule has 0 saturated carbocycles. The Bertz CT molecular complexity index is 337. The van der Waals surface area contributed by atoms with E-state index >= 15 is 0 Å². The zero-order valence-corrected chi connectivity index (χ0v) is 10.9. The molecule has 0 radical (unpaired) electrons. The second-order valence-electron chi connectivity index (χ2n) is 4.99. The van der Waals surface area contributed by atoms with E-state index in [4.69, 9.17) is 4.52 Å². The van der Waals surface area contributed by atoms with Crippen molar-refractivity contribution in [1.82, 2.24) is 15.4 Å². The lowest BCUT2D eigenvalue weighted by atomic mass is 10.0. The van der Waals surface area contributed by atoms with Gasteiger partial charge in [0.2, 0.25) is 0 Å². The molecule has 4 nitrogen and oxygen atoms in total. The molecule has 2 rings (SSSR count). The summed E-state index contributed by atoms with van der Waals surface area (Å²) in [6, 6.07) is 2.06. The molecule has 1 aliphatic heterocycles. The molecular weight excluding hydrogens is 214 g/mol. The summed E-state index contributed by atoms with van der Waals surface area (Å²) in [7, 11) is 1.92. The van der Waals surface area contributed by atoms with Gasteiger partial charge in [0.25, 0.3) is 0 Å². The van der Waals surface area contributed by atoms with Gasteiger partial charge in [-0.25, -0.2) is 0 Å². The molecule has 1 unspecified atom stereocenters. The zero-order chi connectivity index (χ0) is 12.1. The summed E-state index contributed by atoms with van der Waals surface area (Å²) in [5.41, 5.74) is 0.992. The maximum atomic E-state index is 5.34. The average molecular weight is 237 g/mol. The summed E-state index contributed by atoms with van der Waals surface area (Å²) in [5, 5.41) is 7.12. The van der Waals surface area contributed by atoms with Crippen LogP contribution in [0.2, 0.25) is 0 Å². The van der Waals surface area contributed by atoms with E-state index in [0.717, 1.165) is 30.5 Å². The number of nitrogens with one attached hydrogen (secondary N) is 1. The van der Waals surface area contributed by atoms with Gasteiger partial charge in [-0.15, -0.1) is 0 Å². The molecule has 17 heavy (non-hydrogen) atoms. The predicted octanol–water partition coefficient (Wildman–Crippen LogP) is 2.02. The molecule has 2 heterocycles. The first kappa shape index (κ1) is 12.6. The quantitative estimate of drug-likeness (QED) is 0.822. The van der Waals surface area contributed by atoms with Crippen LogP contribution in [0.15, 0.2) is 10.6 Å². The monoisotopic (exact) mass is 237 g/mol. The molecule has 1 aromatic heterocycles. The molecule has 4 heteroatoms. The van der Waals surface area contributed by atoms with Gasteiger partial charge < -0.3 is 9.84 Å². The van der Waals surface area contributed by atoms with Crippen molar-refractivity contribution in [2.75, 3.05) is 20.1 Å². The molecule has 0 aromatic carbocycles. The second kappa shape index (κ2) is 6.17. The Morgan fingerprint density at radius 2 is 2.47 bits per heavy atom. The van der Waals surface area contributed by atoms with Crippen molar-refractivity contribution in [3.63, 3.8) is 0 Å². The predicted molar refractivity (Wildman–Crippen MR) is 67.6 cm³/mol. The Balaban J connectivity index is 1.80. The van der Waals surface area contributed by atoms with Crippen molar-refractivity contribution in [3.05, 3.63) is 17.5 Å². The van der Waals surface area contributed by atoms with E-state index in [1.807, 2.05) is 7.05 Å². The van der Waals surface area contributed by atoms with Crippen LogP contribution in [-0.2, 0) is 13.1 Å². The number of rotatable bonds is 6. The highest BCUT2D eigenvalue weighted by Crippen LogP contribution is 2.22. The van der Waals surface area contributed by atoms with Crippen LogP contribution in [0.4, 0.5) is 0 Å². The van der Waals surface area contributed by atoms with E-state index in [1.165, 1.54) is 32.4 Å². The van der Waals surface area contributed by atoms with Crippen molar-refractivity contribution in [2.24, 2.45) is 5.92 Å². The first-order chi connectivity index (χ1) is 8.31. The highest BCUT2D eigenvalue weighted by molar-refractivity contribution is 5.05. The van der Waals surface area contributed by atoms with Gasteiger partial charge in [-0.3, -0.25) is 4.90 Å². The van der Waals surface area contributed by atoms with Crippen LogP contribution in [0, 0.1) is 5.92 Å². The van der Waals surface area contributed by atoms with E-state index in [2.05, 4.69) is 28.4 Å². The fraction of sp³-hybridized carbons (Fsp3) is 0.769. The summed E-state index contributed by atoms with van der Waals surface area (Å²) in [5.74, 6) is 1.88. The smallest absolute Gasteiger partial charge is 0.151 e. The van der Waals surface area contributed by atoms with Crippen LogP contribution in [0.3, 0.4) is 0 Å². The van der Waals surface area contributed by atoms with Gasteiger partial charge >= 0.3 is 0 Å². The summed E-state index contributed by atoms with van der Waals surface area (Å²) in [6.45, 7) is 6.38. The van der Waals surface area contributed by atoms with Crippen molar-refractivity contribution >= 4 is 0 Å². The van der Waals surface area contributed by atoms with Gasteiger partial charge in [-0.2, -0.15) is 0 Å². The lowest BCUT2D eigenvalue weighted by Crippen LogP contribution is -2.19. The van der Waals surface area contributed by atoms with Gasteiger partial charge in [-0.1, -0.05) is 18.5 Å². The van der Waals surface area contributed by atoms with E-state index in [0.29, 0.717) is 0 Å². The molecule has 1 aliphatic rings. The number of nitrogens with zero attached hydrogens (tertiary/aromatic N) is 2. The first-order valence-electron chi connectivity index (χ1n) is 6.63. The number of likely N-dealkylation sites (tertiary alicyclic amines) is 1. The third kappa shape index (κ3) is 3.54. The summed E-state index contributed by atoms with van der Waals surface area (Å²) in [6.07, 6.45) is 4.00. The van der Waals surface area contributed by atoms with Gasteiger partial charge in [0.1, 0.15) is 0 Å². The van der Waals surface area contributed by atoms with Crippen molar-refractivity contribution in [3.8, 4) is 0 Å². The van der Waals surface area contributed by atoms with Crippen molar-refractivity contribution in [2.45, 2.75) is 39.3 Å².